The van der Waals surface area contributed by atoms with Gasteiger partial charge < -0.3 is 20.1 Å². The summed E-state index contributed by atoms with van der Waals surface area (Å²) in [6, 6.07) is 25.0. The SMILES string of the molecule is O=C(Cc1ccc(-c2cc(Cl)cc(-c3cc4ccncc4[nH]3)c2O)cc1)N1CCC(O)(Cc2ccccc2)CC1. The molecule has 3 N–H and O–H groups in total. The third-order valence-electron chi connectivity index (χ3n) is 7.83. The number of halogens is 1. The molecule has 6 rings (SSSR count). The second kappa shape index (κ2) is 10.8. The Morgan fingerprint density at radius 1 is 0.950 bits per heavy atom. The highest BCUT2D eigenvalue weighted by molar-refractivity contribution is 6.31. The predicted molar refractivity (Wildman–Crippen MR) is 158 cm³/mol. The van der Waals surface area contributed by atoms with Crippen molar-refractivity contribution in [2.75, 3.05) is 13.1 Å². The number of aromatic hydroxyl groups is 1. The van der Waals surface area contributed by atoms with Crippen LogP contribution in [0.3, 0.4) is 0 Å². The number of likely N-dealkylation sites (tertiary alicyclic amines) is 1. The highest BCUT2D eigenvalue weighted by atomic mass is 35.5. The van der Waals surface area contributed by atoms with E-state index in [0.717, 1.165) is 33.3 Å². The Morgan fingerprint density at radius 2 is 1.68 bits per heavy atom. The van der Waals surface area contributed by atoms with Crippen molar-refractivity contribution in [3.8, 4) is 28.1 Å². The van der Waals surface area contributed by atoms with Crippen LogP contribution in [0.4, 0.5) is 0 Å². The Morgan fingerprint density at radius 3 is 2.40 bits per heavy atom. The van der Waals surface area contributed by atoms with E-state index >= 15 is 0 Å². The number of aromatic nitrogens is 2. The van der Waals surface area contributed by atoms with Gasteiger partial charge in [-0.3, -0.25) is 9.78 Å². The largest absolute Gasteiger partial charge is 0.507 e. The van der Waals surface area contributed by atoms with Crippen molar-refractivity contribution in [1.82, 2.24) is 14.9 Å². The molecule has 0 bridgehead atoms. The van der Waals surface area contributed by atoms with Crippen LogP contribution in [0.2, 0.25) is 5.02 Å². The molecule has 0 unspecified atom stereocenters. The number of aliphatic hydroxyl groups is 1. The molecule has 1 amide bonds. The maximum absolute atomic E-state index is 13.0. The number of phenols is 1. The average molecular weight is 552 g/mol. The monoisotopic (exact) mass is 551 g/mol. The van der Waals surface area contributed by atoms with E-state index < -0.39 is 5.60 Å². The number of pyridine rings is 1. The van der Waals surface area contributed by atoms with Crippen LogP contribution in [0.25, 0.3) is 33.3 Å². The number of H-pyrrole nitrogens is 1. The first-order valence-corrected chi connectivity index (χ1v) is 13.8. The number of hydrogen-bond acceptors (Lipinski definition) is 4. The lowest BCUT2D eigenvalue weighted by Crippen LogP contribution is -2.48. The van der Waals surface area contributed by atoms with Crippen LogP contribution in [0.5, 0.6) is 5.75 Å². The van der Waals surface area contributed by atoms with Crippen molar-refractivity contribution in [2.24, 2.45) is 0 Å². The number of hydrogen-bond donors (Lipinski definition) is 3. The number of nitrogens with zero attached hydrogens (tertiary/aromatic N) is 2. The van der Waals surface area contributed by atoms with Crippen LogP contribution in [0.15, 0.2) is 91.3 Å². The van der Waals surface area contributed by atoms with Gasteiger partial charge in [0.05, 0.1) is 29.4 Å². The van der Waals surface area contributed by atoms with Crippen molar-refractivity contribution < 1.29 is 15.0 Å². The number of piperidine rings is 1. The summed E-state index contributed by atoms with van der Waals surface area (Å²) in [7, 11) is 0. The second-order valence-corrected chi connectivity index (χ2v) is 11.1. The Bertz CT molecular complexity index is 1620. The van der Waals surface area contributed by atoms with Gasteiger partial charge >= 0.3 is 0 Å². The molecule has 7 heteroatoms. The van der Waals surface area contributed by atoms with E-state index in [-0.39, 0.29) is 18.1 Å². The third-order valence-corrected chi connectivity index (χ3v) is 8.05. The second-order valence-electron chi connectivity index (χ2n) is 10.6. The quantitative estimate of drug-likeness (QED) is 0.228. The topological polar surface area (TPSA) is 89.5 Å². The van der Waals surface area contributed by atoms with Crippen LogP contribution in [0.1, 0.15) is 24.0 Å². The van der Waals surface area contributed by atoms with Crippen LogP contribution in [-0.4, -0.2) is 49.7 Å². The Labute approximate surface area is 237 Å². The molecule has 0 aliphatic carbocycles. The summed E-state index contributed by atoms with van der Waals surface area (Å²) in [6.45, 7) is 1.09. The first kappa shape index (κ1) is 26.1. The van der Waals surface area contributed by atoms with E-state index in [1.807, 2.05) is 71.6 Å². The molecule has 1 aliphatic rings. The predicted octanol–water partition coefficient (Wildman–Crippen LogP) is 6.39. The van der Waals surface area contributed by atoms with E-state index in [9.17, 15) is 15.0 Å². The van der Waals surface area contributed by atoms with Gasteiger partial charge in [-0.2, -0.15) is 0 Å². The summed E-state index contributed by atoms with van der Waals surface area (Å²) in [5.41, 5.74) is 4.89. The van der Waals surface area contributed by atoms with Gasteiger partial charge in [-0.1, -0.05) is 66.2 Å². The molecule has 1 fully saturated rings. The number of benzene rings is 3. The fraction of sp³-hybridized carbons (Fsp3) is 0.212. The molecule has 0 saturated carbocycles. The minimum absolute atomic E-state index is 0.0516. The summed E-state index contributed by atoms with van der Waals surface area (Å²) in [5, 5.41) is 23.7. The zero-order chi connectivity index (χ0) is 27.7. The van der Waals surface area contributed by atoms with E-state index in [1.165, 1.54) is 0 Å². The van der Waals surface area contributed by atoms with Gasteiger partial charge in [-0.15, -0.1) is 0 Å². The van der Waals surface area contributed by atoms with E-state index in [2.05, 4.69) is 9.97 Å². The Kier molecular flexibility index (Phi) is 7.05. The molecule has 202 valence electrons. The lowest BCUT2D eigenvalue weighted by molar-refractivity contribution is -0.134. The van der Waals surface area contributed by atoms with Crippen molar-refractivity contribution in [2.45, 2.75) is 31.3 Å². The van der Waals surface area contributed by atoms with E-state index in [0.29, 0.717) is 48.5 Å². The smallest absolute Gasteiger partial charge is 0.226 e. The molecular formula is C33H30ClN3O3. The summed E-state index contributed by atoms with van der Waals surface area (Å²) in [5.74, 6) is 0.180. The number of aromatic amines is 1. The minimum Gasteiger partial charge on any atom is -0.507 e. The molecule has 1 aliphatic heterocycles. The number of amides is 1. The van der Waals surface area contributed by atoms with Crippen LogP contribution < -0.4 is 0 Å². The van der Waals surface area contributed by atoms with Gasteiger partial charge in [0.15, 0.2) is 0 Å². The third kappa shape index (κ3) is 5.46. The highest BCUT2D eigenvalue weighted by Gasteiger charge is 2.34. The molecule has 0 spiro atoms. The zero-order valence-electron chi connectivity index (χ0n) is 22.0. The lowest BCUT2D eigenvalue weighted by Gasteiger charge is -2.38. The number of rotatable bonds is 6. The van der Waals surface area contributed by atoms with Gasteiger partial charge in [0, 0.05) is 47.2 Å². The van der Waals surface area contributed by atoms with Gasteiger partial charge in [0.1, 0.15) is 5.75 Å². The first-order valence-electron chi connectivity index (χ1n) is 13.5. The van der Waals surface area contributed by atoms with Gasteiger partial charge in [0.25, 0.3) is 0 Å². The fourth-order valence-corrected chi connectivity index (χ4v) is 5.77. The van der Waals surface area contributed by atoms with Gasteiger partial charge in [0.2, 0.25) is 5.91 Å². The van der Waals surface area contributed by atoms with Crippen molar-refractivity contribution in [3.05, 3.63) is 107 Å². The summed E-state index contributed by atoms with van der Waals surface area (Å²) in [4.78, 5) is 22.3. The average Bonchev–Trinajstić information content (AvgIpc) is 3.39. The molecule has 0 atom stereocenters. The summed E-state index contributed by atoms with van der Waals surface area (Å²) < 4.78 is 0. The Hall–Kier alpha value is -4.13. The number of nitrogens with one attached hydrogen (secondary N) is 1. The van der Waals surface area contributed by atoms with Crippen LogP contribution in [0, 0.1) is 0 Å². The molecule has 5 aromatic rings. The van der Waals surface area contributed by atoms with Gasteiger partial charge in [-0.05, 0) is 53.8 Å². The molecule has 40 heavy (non-hydrogen) atoms. The van der Waals surface area contributed by atoms with E-state index in [1.54, 1.807) is 24.5 Å². The number of carbonyl (C=O) groups excluding carboxylic acids is 1. The summed E-state index contributed by atoms with van der Waals surface area (Å²) in [6.07, 6.45) is 5.49. The standard InChI is InChI=1S/C33H30ClN3O3/c34-26-18-27(32(39)28(19-26)29-17-25-10-13-35-21-30(25)36-29)24-8-6-22(7-9-24)16-31(38)37-14-11-33(40,12-15-37)20-23-4-2-1-3-5-23/h1-10,13,17-19,21,36,39-40H,11-12,14-16,20H2. The molecule has 6 nitrogen and oxygen atoms in total. The zero-order valence-corrected chi connectivity index (χ0v) is 22.7. The number of fused-ring (bicyclic) bond motifs is 1. The lowest BCUT2D eigenvalue weighted by atomic mass is 9.85. The van der Waals surface area contributed by atoms with E-state index in [4.69, 9.17) is 11.6 Å². The maximum Gasteiger partial charge on any atom is 0.226 e. The van der Waals surface area contributed by atoms with Gasteiger partial charge in [-0.25, -0.2) is 0 Å². The summed E-state index contributed by atoms with van der Waals surface area (Å²) >= 11 is 6.47. The molecule has 3 heterocycles. The first-order chi connectivity index (χ1) is 19.4. The molecule has 0 radical (unpaired) electrons. The highest BCUT2D eigenvalue weighted by Crippen LogP contribution is 2.41. The maximum atomic E-state index is 13.0. The molecule has 1 saturated heterocycles. The van der Waals surface area contributed by atoms with Crippen molar-refractivity contribution in [3.63, 3.8) is 0 Å². The normalized spacial score (nSPS) is 14.9. The molecular weight excluding hydrogens is 522 g/mol. The number of carbonyl (C=O) groups is 1. The van der Waals surface area contributed by atoms with Crippen LogP contribution in [-0.2, 0) is 17.6 Å². The molecule has 2 aromatic heterocycles. The van der Waals surface area contributed by atoms with Crippen LogP contribution >= 0.6 is 11.6 Å². The van der Waals surface area contributed by atoms with Crippen molar-refractivity contribution in [1.29, 1.82) is 0 Å². The van der Waals surface area contributed by atoms with Crippen molar-refractivity contribution >= 4 is 28.4 Å². The Balaban J connectivity index is 1.13. The minimum atomic E-state index is -0.776. The fourth-order valence-electron chi connectivity index (χ4n) is 5.56. The molecule has 3 aromatic carbocycles. The number of phenolic OH excluding ortho intramolecular Hbond substituents is 1.